The Morgan fingerprint density at radius 2 is 0.279 bits per heavy atom. The number of nitrogens with zero attached hydrogens (tertiary/aromatic N) is 2. The van der Waals surface area contributed by atoms with Gasteiger partial charge in [-0.1, -0.05) is 0 Å². The Bertz CT molecular complexity index is 3650. The molecule has 0 saturated heterocycles. The van der Waals surface area contributed by atoms with E-state index in [0.29, 0.717) is 101 Å². The van der Waals surface area contributed by atoms with E-state index in [1.807, 2.05) is 0 Å². The number of hydrogen-bond donors (Lipinski definition) is 0. The van der Waals surface area contributed by atoms with Crippen molar-refractivity contribution in [2.24, 2.45) is 0 Å². The highest BCUT2D eigenvalue weighted by Crippen LogP contribution is 2.57. The van der Waals surface area contributed by atoms with Gasteiger partial charge in [0.15, 0.2) is 92.0 Å². The molecule has 0 aliphatic heterocycles. The third-order valence-electron chi connectivity index (χ3n) is 14.6. The molecule has 0 amide bonds. The molecule has 8 rings (SSSR count). The second-order valence-electron chi connectivity index (χ2n) is 18.5. The Labute approximate surface area is 496 Å². The van der Waals surface area contributed by atoms with Gasteiger partial charge in [-0.2, -0.15) is 0 Å². The van der Waals surface area contributed by atoms with Gasteiger partial charge in [-0.3, -0.25) is 20.2 Å². The predicted octanol–water partition coefficient (Wildman–Crippen LogP) is 13.3. The molecule has 8 aromatic carbocycles. The zero-order valence-electron chi connectivity index (χ0n) is 50.3. The highest BCUT2D eigenvalue weighted by Gasteiger charge is 2.32. The van der Waals surface area contributed by atoms with E-state index in [-0.39, 0.29) is 80.0 Å². The van der Waals surface area contributed by atoms with Gasteiger partial charge < -0.3 is 75.8 Å². The monoisotopic (exact) mass is 1180 g/mol. The third kappa shape index (κ3) is 11.2. The van der Waals surface area contributed by atoms with Crippen LogP contribution >= 0.6 is 0 Å². The lowest BCUT2D eigenvalue weighted by atomic mass is 9.82. The van der Waals surface area contributed by atoms with E-state index in [9.17, 15) is 20.2 Å². The second kappa shape index (κ2) is 26.3. The summed E-state index contributed by atoms with van der Waals surface area (Å²) in [5.74, 6) is 4.11. The molecular weight excluding hydrogens is 1120 g/mol. The molecule has 0 radical (unpaired) electrons. The van der Waals surface area contributed by atoms with Crippen molar-refractivity contribution in [3.8, 4) is 170 Å². The molecule has 450 valence electrons. The van der Waals surface area contributed by atoms with Crippen molar-refractivity contribution in [3.05, 3.63) is 117 Å². The highest BCUT2D eigenvalue weighted by molar-refractivity contribution is 6.05. The van der Waals surface area contributed by atoms with Crippen LogP contribution in [0.1, 0.15) is 0 Å². The molecule has 0 N–H and O–H groups in total. The smallest absolute Gasteiger partial charge is 0.281 e. The Kier molecular flexibility index (Phi) is 18.8. The third-order valence-corrected chi connectivity index (χ3v) is 14.6. The molecule has 0 bridgehead atoms. The topological polar surface area (TPSA) is 234 Å². The molecule has 0 aliphatic rings. The summed E-state index contributed by atoms with van der Waals surface area (Å²) in [5.41, 5.74) is 4.78. The van der Waals surface area contributed by atoms with E-state index in [4.69, 9.17) is 75.8 Å². The average Bonchev–Trinajstić information content (AvgIpc) is 0.924. The first-order chi connectivity index (χ1) is 41.6. The van der Waals surface area contributed by atoms with E-state index in [1.165, 1.54) is 138 Å². The highest BCUT2D eigenvalue weighted by atomic mass is 16.6. The lowest BCUT2D eigenvalue weighted by Crippen LogP contribution is -2.02. The summed E-state index contributed by atoms with van der Waals surface area (Å²) >= 11 is 0. The van der Waals surface area contributed by atoms with Crippen molar-refractivity contribution in [2.75, 3.05) is 114 Å². The van der Waals surface area contributed by atoms with Crippen LogP contribution in [0.25, 0.3) is 77.9 Å². The predicted molar refractivity (Wildman–Crippen MR) is 323 cm³/mol. The van der Waals surface area contributed by atoms with Crippen molar-refractivity contribution < 1.29 is 85.6 Å². The molecule has 0 aromatic heterocycles. The van der Waals surface area contributed by atoms with Gasteiger partial charge in [0.2, 0.25) is 0 Å². The van der Waals surface area contributed by atoms with Crippen LogP contribution in [0.5, 0.6) is 92.0 Å². The van der Waals surface area contributed by atoms with Gasteiger partial charge in [-0.15, -0.1) is 0 Å². The van der Waals surface area contributed by atoms with Gasteiger partial charge in [0.1, 0.15) is 0 Å². The summed E-state index contributed by atoms with van der Waals surface area (Å²) in [4.78, 5) is 25.3. The van der Waals surface area contributed by atoms with Crippen molar-refractivity contribution >= 4 is 11.4 Å². The fraction of sp³-hybridized carbons (Fsp3) is 0.250. The van der Waals surface area contributed by atoms with Crippen molar-refractivity contribution in [1.82, 2.24) is 0 Å². The first-order valence-electron chi connectivity index (χ1n) is 26.0. The molecule has 0 fully saturated rings. The number of nitro benzene ring substituents is 2. The fourth-order valence-corrected chi connectivity index (χ4v) is 10.4. The molecule has 22 nitrogen and oxygen atoms in total. The Balaban J connectivity index is 1.60. The Hall–Kier alpha value is -10.6. The molecule has 0 saturated carbocycles. The van der Waals surface area contributed by atoms with E-state index in [0.717, 1.165) is 0 Å². The summed E-state index contributed by atoms with van der Waals surface area (Å²) in [7, 11) is 23.5. The fourth-order valence-electron chi connectivity index (χ4n) is 10.4. The van der Waals surface area contributed by atoms with E-state index in [1.54, 1.807) is 72.8 Å². The summed E-state index contributed by atoms with van der Waals surface area (Å²) in [5, 5.41) is 26.4. The maximum absolute atomic E-state index is 13.2. The van der Waals surface area contributed by atoms with Crippen LogP contribution in [0.4, 0.5) is 11.4 Å². The number of nitro groups is 2. The summed E-state index contributed by atoms with van der Waals surface area (Å²) in [6.07, 6.45) is 0. The maximum atomic E-state index is 13.2. The normalized spacial score (nSPS) is 10.7. The SMILES string of the molecule is COc1cc(-c2cc(OC)c(OC)cc2-c2cc(OC)c(OC)cc2-c2cc(OC)c(OC)cc2-c2cc(OC)c(OC)cc2[N+](=O)[O-])c(-c2cc(OC)c(OC)cc2-c2cc(OC)c(OC)cc2-c2cc(OC)c(OC)cc2[N+](=O)[O-])cc1OC. The summed E-state index contributed by atoms with van der Waals surface area (Å²) in [6, 6.07) is 26.5. The number of benzene rings is 8. The molecule has 86 heavy (non-hydrogen) atoms. The lowest BCUT2D eigenvalue weighted by Gasteiger charge is -2.25. The van der Waals surface area contributed by atoms with Gasteiger partial charge in [0, 0.05) is 11.1 Å². The number of ether oxygens (including phenoxy) is 16. The number of methoxy groups -OCH3 is 16. The van der Waals surface area contributed by atoms with E-state index in [2.05, 4.69) is 0 Å². The number of hydrogen-bond acceptors (Lipinski definition) is 20. The maximum Gasteiger partial charge on any atom is 0.281 e. The zero-order valence-corrected chi connectivity index (χ0v) is 50.3. The molecule has 0 aliphatic carbocycles. The quantitative estimate of drug-likeness (QED) is 0.0382. The van der Waals surface area contributed by atoms with Crippen molar-refractivity contribution in [2.45, 2.75) is 0 Å². The number of rotatable bonds is 25. The first kappa shape index (κ1) is 61.4. The lowest BCUT2D eigenvalue weighted by molar-refractivity contribution is -0.384. The van der Waals surface area contributed by atoms with Crippen LogP contribution in [0.2, 0.25) is 0 Å². The van der Waals surface area contributed by atoms with Crippen molar-refractivity contribution in [1.29, 1.82) is 0 Å². The van der Waals surface area contributed by atoms with Crippen LogP contribution in [0, 0.1) is 20.2 Å². The molecule has 8 aromatic rings. The Morgan fingerprint density at radius 3 is 0.384 bits per heavy atom. The van der Waals surface area contributed by atoms with Gasteiger partial charge in [-0.05, 0) is 141 Å². The first-order valence-corrected chi connectivity index (χ1v) is 26.0. The molecule has 0 atom stereocenters. The average molecular weight is 1180 g/mol. The molecule has 0 unspecified atom stereocenters. The summed E-state index contributed by atoms with van der Waals surface area (Å²) in [6.45, 7) is 0. The molecule has 0 spiro atoms. The molecule has 0 heterocycles. The standard InChI is InChI=1S/C64H64N2O20/c1-71-49-17-33(35(19-51(49)73-3)37-21-53(75-5)55(77-7)23-39(37)41-25-57(79-9)59(81-11)27-43(41)45-29-61(83-13)63(85-15)31-47(45)65(67)68)34-18-50(72-2)52(74-4)20-36(34)38-22-54(76-6)56(78-8)24-40(38)42-26-58(80-10)60(82-12)28-44(42)46-30-62(84-14)64(86-16)32-48(46)66(69)70/h17-32H,1-16H3. The van der Waals surface area contributed by atoms with Gasteiger partial charge in [0.05, 0.1) is 147 Å². The largest absolute Gasteiger partial charge is 0.493 e. The van der Waals surface area contributed by atoms with Gasteiger partial charge >= 0.3 is 0 Å². The minimum atomic E-state index is -0.513. The van der Waals surface area contributed by atoms with Crippen molar-refractivity contribution in [3.63, 3.8) is 0 Å². The van der Waals surface area contributed by atoms with Crippen LogP contribution in [-0.2, 0) is 0 Å². The minimum absolute atomic E-state index is 0.125. The van der Waals surface area contributed by atoms with Crippen LogP contribution in [0.15, 0.2) is 97.1 Å². The van der Waals surface area contributed by atoms with Crippen LogP contribution in [-0.4, -0.2) is 124 Å². The minimum Gasteiger partial charge on any atom is -0.493 e. The van der Waals surface area contributed by atoms with Gasteiger partial charge in [-0.25, -0.2) is 0 Å². The van der Waals surface area contributed by atoms with E-state index >= 15 is 0 Å². The zero-order chi connectivity index (χ0) is 62.3. The van der Waals surface area contributed by atoms with Gasteiger partial charge in [0.25, 0.3) is 11.4 Å². The summed E-state index contributed by atoms with van der Waals surface area (Å²) < 4.78 is 94.7. The molecule has 22 heteroatoms. The van der Waals surface area contributed by atoms with E-state index < -0.39 is 9.85 Å². The van der Waals surface area contributed by atoms with Crippen LogP contribution in [0.3, 0.4) is 0 Å². The second-order valence-corrected chi connectivity index (χ2v) is 18.5. The Morgan fingerprint density at radius 1 is 0.186 bits per heavy atom. The van der Waals surface area contributed by atoms with Crippen LogP contribution < -0.4 is 75.8 Å². The molecular formula is C64H64N2O20.